The Balaban J connectivity index is 1.72. The van der Waals surface area contributed by atoms with Gasteiger partial charge >= 0.3 is 0 Å². The molecule has 2 aromatic rings. The molecule has 2 aromatic carbocycles. The maximum atomic E-state index is 12.9. The van der Waals surface area contributed by atoms with Gasteiger partial charge in [0.1, 0.15) is 5.75 Å². The number of anilines is 2. The number of fused-ring (bicyclic) bond motifs is 1. The lowest BCUT2D eigenvalue weighted by molar-refractivity contribution is -0.124. The van der Waals surface area contributed by atoms with E-state index < -0.39 is 16.1 Å². The number of hydrogen-bond acceptors (Lipinski definition) is 4. The minimum absolute atomic E-state index is 0.0896. The zero-order valence-corrected chi connectivity index (χ0v) is 16.7. The molecule has 0 aromatic heterocycles. The number of carbonyl (C=O) groups excluding carboxylic acids is 1. The first kappa shape index (κ1) is 19.2. The van der Waals surface area contributed by atoms with Gasteiger partial charge in [0.2, 0.25) is 10.0 Å². The number of ether oxygens (including phenoxy) is 1. The topological polar surface area (TPSA) is 66.9 Å². The Morgan fingerprint density at radius 2 is 1.81 bits per heavy atom. The van der Waals surface area contributed by atoms with E-state index in [-0.39, 0.29) is 11.9 Å². The quantitative estimate of drug-likeness (QED) is 0.790. The fourth-order valence-corrected chi connectivity index (χ4v) is 3.78. The summed E-state index contributed by atoms with van der Waals surface area (Å²) in [6.07, 6.45) is 1.33. The third-order valence-corrected chi connectivity index (χ3v) is 6.01. The van der Waals surface area contributed by atoms with E-state index >= 15 is 0 Å². The molecule has 7 heteroatoms. The molecule has 0 saturated heterocycles. The van der Waals surface area contributed by atoms with E-state index in [1.54, 1.807) is 36.1 Å². The van der Waals surface area contributed by atoms with E-state index in [1.165, 1.54) is 16.9 Å². The summed E-state index contributed by atoms with van der Waals surface area (Å²) >= 11 is 0. The predicted molar refractivity (Wildman–Crippen MR) is 107 cm³/mol. The van der Waals surface area contributed by atoms with Crippen LogP contribution in [0.1, 0.15) is 19.4 Å². The van der Waals surface area contributed by atoms with Gasteiger partial charge in [0.25, 0.3) is 5.91 Å². The molecular formula is C20H24N2O4S. The van der Waals surface area contributed by atoms with Crippen LogP contribution in [-0.2, 0) is 21.2 Å². The van der Waals surface area contributed by atoms with Crippen LogP contribution < -0.4 is 13.9 Å². The Kier molecular flexibility index (Phi) is 5.15. The van der Waals surface area contributed by atoms with Crippen LogP contribution >= 0.6 is 0 Å². The molecule has 0 unspecified atom stereocenters. The van der Waals surface area contributed by atoms with E-state index in [2.05, 4.69) is 0 Å². The number of carbonyl (C=O) groups is 1. The van der Waals surface area contributed by atoms with Gasteiger partial charge in [0, 0.05) is 18.8 Å². The summed E-state index contributed by atoms with van der Waals surface area (Å²) in [5.74, 6) is 0.423. The summed E-state index contributed by atoms with van der Waals surface area (Å²) in [5, 5.41) is 0. The highest BCUT2D eigenvalue weighted by molar-refractivity contribution is 7.92. The fourth-order valence-electron chi connectivity index (χ4n) is 3.28. The summed E-state index contributed by atoms with van der Waals surface area (Å²) in [6.45, 7) is 3.76. The first-order valence-electron chi connectivity index (χ1n) is 8.80. The average Bonchev–Trinajstić information content (AvgIpc) is 2.96. The number of hydrogen-bond donors (Lipinski definition) is 0. The van der Waals surface area contributed by atoms with E-state index in [0.29, 0.717) is 11.4 Å². The third kappa shape index (κ3) is 3.93. The van der Waals surface area contributed by atoms with Crippen LogP contribution in [0.15, 0.2) is 48.5 Å². The number of rotatable bonds is 5. The highest BCUT2D eigenvalue weighted by Crippen LogP contribution is 2.32. The van der Waals surface area contributed by atoms with Gasteiger partial charge in [-0.2, -0.15) is 0 Å². The van der Waals surface area contributed by atoms with Crippen LogP contribution in [0.4, 0.5) is 11.4 Å². The lowest BCUT2D eigenvalue weighted by Crippen LogP contribution is -2.43. The molecule has 144 valence electrons. The van der Waals surface area contributed by atoms with Crippen molar-refractivity contribution < 1.29 is 17.9 Å². The second-order valence-corrected chi connectivity index (χ2v) is 8.89. The van der Waals surface area contributed by atoms with Crippen LogP contribution in [-0.4, -0.2) is 39.8 Å². The number of amides is 1. The normalized spacial score (nSPS) is 17.3. The smallest absolute Gasteiger partial charge is 0.268 e. The van der Waals surface area contributed by atoms with Crippen LogP contribution in [0, 0.1) is 0 Å². The zero-order chi connectivity index (χ0) is 19.8. The van der Waals surface area contributed by atoms with Gasteiger partial charge in [0.05, 0.1) is 11.9 Å². The second kappa shape index (κ2) is 7.23. The Morgan fingerprint density at radius 3 is 2.44 bits per heavy atom. The molecule has 2 atom stereocenters. The molecule has 6 nitrogen and oxygen atoms in total. The Morgan fingerprint density at radius 1 is 1.19 bits per heavy atom. The number of benzene rings is 2. The first-order valence-corrected chi connectivity index (χ1v) is 10.6. The van der Waals surface area contributed by atoms with Crippen molar-refractivity contribution in [2.45, 2.75) is 32.4 Å². The van der Waals surface area contributed by atoms with E-state index in [4.69, 9.17) is 4.74 Å². The minimum Gasteiger partial charge on any atom is -0.481 e. The van der Waals surface area contributed by atoms with Crippen LogP contribution in [0.25, 0.3) is 0 Å². The lowest BCUT2D eigenvalue weighted by Gasteiger charge is -2.26. The van der Waals surface area contributed by atoms with Crippen molar-refractivity contribution >= 4 is 27.3 Å². The summed E-state index contributed by atoms with van der Waals surface area (Å²) in [4.78, 5) is 14.7. The van der Waals surface area contributed by atoms with E-state index in [0.717, 1.165) is 18.4 Å². The summed E-state index contributed by atoms with van der Waals surface area (Å²) in [6, 6.07) is 14.6. The summed E-state index contributed by atoms with van der Waals surface area (Å²) in [7, 11) is -1.83. The first-order chi connectivity index (χ1) is 12.7. The van der Waals surface area contributed by atoms with Crippen molar-refractivity contribution in [3.63, 3.8) is 0 Å². The molecule has 0 aliphatic carbocycles. The molecule has 1 aliphatic rings. The van der Waals surface area contributed by atoms with Gasteiger partial charge in [-0.25, -0.2) is 8.42 Å². The van der Waals surface area contributed by atoms with Crippen molar-refractivity contribution in [2.24, 2.45) is 0 Å². The SMILES string of the molecule is C[C@@H](Oc1ccc(N(C)S(C)(=O)=O)cc1)C(=O)N1c2ccccc2C[C@@H]1C. The third-order valence-electron chi connectivity index (χ3n) is 4.80. The molecule has 0 radical (unpaired) electrons. The highest BCUT2D eigenvalue weighted by atomic mass is 32.2. The Labute approximate surface area is 160 Å². The van der Waals surface area contributed by atoms with Crippen molar-refractivity contribution in [1.82, 2.24) is 0 Å². The largest absolute Gasteiger partial charge is 0.481 e. The standard InChI is InChI=1S/C20H24N2O4S/c1-14-13-16-7-5-6-8-19(16)22(14)20(23)15(2)26-18-11-9-17(10-12-18)21(3)27(4,24)25/h5-12,14-15H,13H2,1-4H3/t14-,15+/m0/s1. The zero-order valence-electron chi connectivity index (χ0n) is 15.9. The van der Waals surface area contributed by atoms with Gasteiger partial charge in [-0.3, -0.25) is 9.10 Å². The molecule has 1 aliphatic heterocycles. The number of nitrogens with zero attached hydrogens (tertiary/aromatic N) is 2. The predicted octanol–water partition coefficient (Wildman–Crippen LogP) is 2.83. The summed E-state index contributed by atoms with van der Waals surface area (Å²) < 4.78 is 30.2. The maximum Gasteiger partial charge on any atom is 0.268 e. The van der Waals surface area contributed by atoms with Gasteiger partial charge in [-0.1, -0.05) is 18.2 Å². The number of sulfonamides is 1. The molecule has 0 bridgehead atoms. The van der Waals surface area contributed by atoms with Gasteiger partial charge in [0.15, 0.2) is 6.10 Å². The molecule has 3 rings (SSSR count). The van der Waals surface area contributed by atoms with Crippen molar-refractivity contribution in [2.75, 3.05) is 22.5 Å². The maximum absolute atomic E-state index is 12.9. The fraction of sp³-hybridized carbons (Fsp3) is 0.350. The minimum atomic E-state index is -3.32. The molecule has 0 fully saturated rings. The molecule has 1 heterocycles. The van der Waals surface area contributed by atoms with Crippen LogP contribution in [0.5, 0.6) is 5.75 Å². The van der Waals surface area contributed by atoms with Gasteiger partial charge < -0.3 is 9.64 Å². The van der Waals surface area contributed by atoms with E-state index in [1.807, 2.05) is 31.2 Å². The van der Waals surface area contributed by atoms with Gasteiger partial charge in [-0.15, -0.1) is 0 Å². The second-order valence-electron chi connectivity index (χ2n) is 6.87. The average molecular weight is 388 g/mol. The van der Waals surface area contributed by atoms with Crippen molar-refractivity contribution in [3.8, 4) is 5.75 Å². The molecule has 0 N–H and O–H groups in total. The molecule has 0 saturated carbocycles. The van der Waals surface area contributed by atoms with Crippen molar-refractivity contribution in [1.29, 1.82) is 0 Å². The van der Waals surface area contributed by atoms with Crippen molar-refractivity contribution in [3.05, 3.63) is 54.1 Å². The molecular weight excluding hydrogens is 364 g/mol. The Hall–Kier alpha value is -2.54. The lowest BCUT2D eigenvalue weighted by atomic mass is 10.1. The highest BCUT2D eigenvalue weighted by Gasteiger charge is 2.33. The monoisotopic (exact) mass is 388 g/mol. The van der Waals surface area contributed by atoms with E-state index in [9.17, 15) is 13.2 Å². The Bertz CT molecular complexity index is 941. The van der Waals surface area contributed by atoms with Gasteiger partial charge in [-0.05, 0) is 56.2 Å². The van der Waals surface area contributed by atoms with Crippen LogP contribution in [0.2, 0.25) is 0 Å². The van der Waals surface area contributed by atoms with Crippen LogP contribution in [0.3, 0.4) is 0 Å². The summed E-state index contributed by atoms with van der Waals surface area (Å²) in [5.41, 5.74) is 2.64. The number of para-hydroxylation sites is 1. The molecule has 27 heavy (non-hydrogen) atoms. The molecule has 1 amide bonds. The molecule has 0 spiro atoms.